The van der Waals surface area contributed by atoms with Crippen LogP contribution in [0.15, 0.2) is 33.6 Å². The number of nitrogens with zero attached hydrogens (tertiary/aromatic N) is 5. The van der Waals surface area contributed by atoms with Crippen molar-refractivity contribution in [2.24, 2.45) is 7.05 Å². The lowest BCUT2D eigenvalue weighted by atomic mass is 10.1. The molecule has 2 bridgehead atoms. The van der Waals surface area contributed by atoms with Crippen molar-refractivity contribution in [3.63, 3.8) is 0 Å². The Morgan fingerprint density at radius 2 is 2.00 bits per heavy atom. The van der Waals surface area contributed by atoms with E-state index < -0.39 is 0 Å². The Morgan fingerprint density at radius 1 is 1.15 bits per heavy atom. The molecule has 2 aromatic heterocycles. The molecule has 26 heavy (non-hydrogen) atoms. The maximum Gasteiger partial charge on any atom is 0.261 e. The van der Waals surface area contributed by atoms with Crippen molar-refractivity contribution >= 4 is 16.6 Å². The highest BCUT2D eigenvalue weighted by Gasteiger charge is 2.41. The molecule has 7 heteroatoms. The third kappa shape index (κ3) is 2.20. The number of hydrogen-bond acceptors (Lipinski definition) is 6. The van der Waals surface area contributed by atoms with Gasteiger partial charge in [-0.2, -0.15) is 0 Å². The van der Waals surface area contributed by atoms with Gasteiger partial charge in [-0.15, -0.1) is 0 Å². The number of likely N-dealkylation sites (N-methyl/N-ethyl adjacent to an activating group) is 1. The van der Waals surface area contributed by atoms with Gasteiger partial charge in [-0.3, -0.25) is 14.3 Å². The predicted octanol–water partition coefficient (Wildman–Crippen LogP) is 1.79. The van der Waals surface area contributed by atoms with Gasteiger partial charge in [-0.25, -0.2) is 4.98 Å². The number of piperazine rings is 1. The molecule has 0 unspecified atom stereocenters. The molecular formula is C19H21N5O2. The Bertz CT molecular complexity index is 1070. The minimum atomic E-state index is -0.0611. The van der Waals surface area contributed by atoms with E-state index in [0.717, 1.165) is 18.8 Å². The average Bonchev–Trinajstić information content (AvgIpc) is 3.33. The highest BCUT2D eigenvalue weighted by Crippen LogP contribution is 2.34. The SMILES string of the molecule is Cc1cc(-c2nc3ccc(N4C[C@H]5C[C@H]4CN5C)cc3c(=O)n2C)no1. The lowest BCUT2D eigenvalue weighted by Crippen LogP contribution is -2.44. The molecule has 0 amide bonds. The number of aromatic nitrogens is 3. The Balaban J connectivity index is 1.60. The van der Waals surface area contributed by atoms with Crippen LogP contribution in [0.25, 0.3) is 22.4 Å². The van der Waals surface area contributed by atoms with E-state index in [4.69, 9.17) is 4.52 Å². The lowest BCUT2D eigenvalue weighted by Gasteiger charge is -2.33. The van der Waals surface area contributed by atoms with Gasteiger partial charge >= 0.3 is 0 Å². The number of anilines is 1. The van der Waals surface area contributed by atoms with Crippen LogP contribution in [-0.4, -0.2) is 51.8 Å². The first kappa shape index (κ1) is 15.6. The summed E-state index contributed by atoms with van der Waals surface area (Å²) in [7, 11) is 3.92. The Hall–Kier alpha value is -2.67. The summed E-state index contributed by atoms with van der Waals surface area (Å²) in [5.41, 5.74) is 2.32. The van der Waals surface area contributed by atoms with Gasteiger partial charge in [0.25, 0.3) is 5.56 Å². The minimum Gasteiger partial charge on any atom is -0.366 e. The number of benzene rings is 1. The van der Waals surface area contributed by atoms with E-state index >= 15 is 0 Å². The van der Waals surface area contributed by atoms with Crippen LogP contribution in [-0.2, 0) is 7.05 Å². The summed E-state index contributed by atoms with van der Waals surface area (Å²) >= 11 is 0. The van der Waals surface area contributed by atoms with Gasteiger partial charge in [0.15, 0.2) is 5.82 Å². The third-order valence-corrected chi connectivity index (χ3v) is 5.76. The maximum absolute atomic E-state index is 12.9. The second-order valence-corrected chi connectivity index (χ2v) is 7.46. The van der Waals surface area contributed by atoms with Crippen molar-refractivity contribution in [3.8, 4) is 11.5 Å². The summed E-state index contributed by atoms with van der Waals surface area (Å²) in [4.78, 5) is 22.5. The average molecular weight is 351 g/mol. The van der Waals surface area contributed by atoms with E-state index in [1.807, 2.05) is 19.1 Å². The fraction of sp³-hybridized carbons (Fsp3) is 0.421. The van der Waals surface area contributed by atoms with E-state index in [9.17, 15) is 4.79 Å². The summed E-state index contributed by atoms with van der Waals surface area (Å²) in [6.45, 7) is 3.93. The largest absolute Gasteiger partial charge is 0.366 e. The summed E-state index contributed by atoms with van der Waals surface area (Å²) in [5.74, 6) is 1.22. The molecule has 134 valence electrons. The molecule has 2 fully saturated rings. The molecule has 2 aliphatic heterocycles. The first-order valence-electron chi connectivity index (χ1n) is 8.92. The van der Waals surface area contributed by atoms with Crippen molar-refractivity contribution in [1.29, 1.82) is 0 Å². The molecule has 2 atom stereocenters. The van der Waals surface area contributed by atoms with Gasteiger partial charge in [0.05, 0.1) is 10.9 Å². The molecule has 3 aromatic rings. The van der Waals surface area contributed by atoms with Crippen LogP contribution >= 0.6 is 0 Å². The van der Waals surface area contributed by atoms with E-state index in [2.05, 4.69) is 33.1 Å². The normalized spacial score (nSPS) is 22.7. The van der Waals surface area contributed by atoms with E-state index in [-0.39, 0.29) is 5.56 Å². The summed E-state index contributed by atoms with van der Waals surface area (Å²) in [5, 5.41) is 4.64. The molecule has 0 saturated carbocycles. The minimum absolute atomic E-state index is 0.0611. The molecule has 0 radical (unpaired) electrons. The van der Waals surface area contributed by atoms with Crippen LogP contribution in [0.4, 0.5) is 5.69 Å². The van der Waals surface area contributed by atoms with Crippen molar-refractivity contribution in [1.82, 2.24) is 19.6 Å². The Labute approximate surface area is 150 Å². The second-order valence-electron chi connectivity index (χ2n) is 7.46. The fourth-order valence-corrected chi connectivity index (χ4v) is 4.32. The van der Waals surface area contributed by atoms with Gasteiger partial charge < -0.3 is 9.42 Å². The van der Waals surface area contributed by atoms with Crippen LogP contribution < -0.4 is 10.5 Å². The molecule has 5 rings (SSSR count). The standard InChI is InChI=1S/C19H21N5O2/c1-11-6-17(21-26-11)18-20-16-5-4-12(8-15(16)19(25)23(18)3)24-10-13-7-14(24)9-22(13)2/h4-6,8,13-14H,7,9-10H2,1-3H3/t13-,14+/m1/s1. The van der Waals surface area contributed by atoms with Crippen molar-refractivity contribution in [2.45, 2.75) is 25.4 Å². The number of likely N-dealkylation sites (tertiary alicyclic amines) is 1. The van der Waals surface area contributed by atoms with Crippen molar-refractivity contribution in [2.75, 3.05) is 25.0 Å². The second kappa shape index (κ2) is 5.41. The van der Waals surface area contributed by atoms with E-state index in [1.165, 1.54) is 6.42 Å². The molecule has 1 aromatic carbocycles. The zero-order valence-corrected chi connectivity index (χ0v) is 15.1. The molecule has 7 nitrogen and oxygen atoms in total. The number of aryl methyl sites for hydroxylation is 1. The molecule has 0 N–H and O–H groups in total. The molecule has 0 aliphatic carbocycles. The van der Waals surface area contributed by atoms with Crippen molar-refractivity contribution < 1.29 is 4.52 Å². The smallest absolute Gasteiger partial charge is 0.261 e. The molecule has 2 aliphatic rings. The monoisotopic (exact) mass is 351 g/mol. The third-order valence-electron chi connectivity index (χ3n) is 5.76. The van der Waals surface area contributed by atoms with Crippen LogP contribution in [0.2, 0.25) is 0 Å². The summed E-state index contributed by atoms with van der Waals surface area (Å²) < 4.78 is 6.68. The van der Waals surface area contributed by atoms with Crippen LogP contribution in [0.1, 0.15) is 12.2 Å². The van der Waals surface area contributed by atoms with Gasteiger partial charge in [-0.05, 0) is 38.6 Å². The van der Waals surface area contributed by atoms with E-state index in [0.29, 0.717) is 40.3 Å². The van der Waals surface area contributed by atoms with Crippen LogP contribution in [0.5, 0.6) is 0 Å². The lowest BCUT2D eigenvalue weighted by molar-refractivity contribution is 0.292. The predicted molar refractivity (Wildman–Crippen MR) is 99.4 cm³/mol. The van der Waals surface area contributed by atoms with Crippen LogP contribution in [0, 0.1) is 6.92 Å². The Kier molecular flexibility index (Phi) is 3.24. The van der Waals surface area contributed by atoms with Gasteiger partial charge in [0.2, 0.25) is 0 Å². The van der Waals surface area contributed by atoms with Crippen molar-refractivity contribution in [3.05, 3.63) is 40.4 Å². The zero-order valence-electron chi connectivity index (χ0n) is 15.1. The van der Waals surface area contributed by atoms with Crippen LogP contribution in [0.3, 0.4) is 0 Å². The summed E-state index contributed by atoms with van der Waals surface area (Å²) in [6.07, 6.45) is 1.20. The highest BCUT2D eigenvalue weighted by molar-refractivity contribution is 5.83. The van der Waals surface area contributed by atoms with Gasteiger partial charge in [0.1, 0.15) is 11.5 Å². The zero-order chi connectivity index (χ0) is 18.0. The molecule has 4 heterocycles. The number of rotatable bonds is 2. The van der Waals surface area contributed by atoms with Gasteiger partial charge in [0, 0.05) is 44.0 Å². The maximum atomic E-state index is 12.9. The summed E-state index contributed by atoms with van der Waals surface area (Å²) in [6, 6.07) is 8.96. The molecule has 0 spiro atoms. The van der Waals surface area contributed by atoms with E-state index in [1.54, 1.807) is 17.7 Å². The number of fused-ring (bicyclic) bond motifs is 3. The highest BCUT2D eigenvalue weighted by atomic mass is 16.5. The first-order valence-corrected chi connectivity index (χ1v) is 8.92. The molecular weight excluding hydrogens is 330 g/mol. The van der Waals surface area contributed by atoms with Gasteiger partial charge in [-0.1, -0.05) is 5.16 Å². The first-order chi connectivity index (χ1) is 12.5. The number of hydrogen-bond donors (Lipinski definition) is 0. The fourth-order valence-electron chi connectivity index (χ4n) is 4.32. The quantitative estimate of drug-likeness (QED) is 0.701. The topological polar surface area (TPSA) is 67.4 Å². The molecule has 2 saturated heterocycles. The Morgan fingerprint density at radius 3 is 2.65 bits per heavy atom.